The highest BCUT2D eigenvalue weighted by Crippen LogP contribution is 2.32. The number of aromatic nitrogens is 3. The van der Waals surface area contributed by atoms with Crippen molar-refractivity contribution in [2.45, 2.75) is 16.2 Å². The fourth-order valence-electron chi connectivity index (χ4n) is 3.57. The molecule has 6 heteroatoms. The van der Waals surface area contributed by atoms with Gasteiger partial charge in [0, 0.05) is 33.5 Å². The van der Waals surface area contributed by atoms with Crippen molar-refractivity contribution >= 4 is 17.4 Å². The van der Waals surface area contributed by atoms with Crippen molar-refractivity contribution in [1.82, 2.24) is 14.6 Å². The van der Waals surface area contributed by atoms with Gasteiger partial charge in [-0.1, -0.05) is 54.2 Å². The molecule has 0 bridgehead atoms. The second kappa shape index (κ2) is 8.77. The third kappa shape index (κ3) is 4.05. The molecular formula is C26H21N3O2S. The molecule has 0 aliphatic carbocycles. The summed E-state index contributed by atoms with van der Waals surface area (Å²) in [4.78, 5) is 6.97. The van der Waals surface area contributed by atoms with Crippen LogP contribution in [0, 0.1) is 0 Å². The summed E-state index contributed by atoms with van der Waals surface area (Å²) in [5.74, 6) is 0.907. The van der Waals surface area contributed by atoms with E-state index in [9.17, 15) is 5.11 Å². The van der Waals surface area contributed by atoms with E-state index >= 15 is 0 Å². The average molecular weight is 440 g/mol. The van der Waals surface area contributed by atoms with Gasteiger partial charge in [0.15, 0.2) is 5.65 Å². The van der Waals surface area contributed by atoms with Gasteiger partial charge in [0.1, 0.15) is 5.75 Å². The zero-order chi connectivity index (χ0) is 21.9. The molecule has 0 radical (unpaired) electrons. The van der Waals surface area contributed by atoms with Crippen LogP contribution in [0.15, 0.2) is 101 Å². The van der Waals surface area contributed by atoms with Crippen molar-refractivity contribution in [1.29, 1.82) is 0 Å². The summed E-state index contributed by atoms with van der Waals surface area (Å²) in [6.45, 7) is 0. The van der Waals surface area contributed by atoms with Crippen LogP contribution in [0.3, 0.4) is 0 Å². The lowest BCUT2D eigenvalue weighted by Gasteiger charge is -2.08. The molecule has 0 fully saturated rings. The molecule has 1 N–H and O–H groups in total. The first-order valence-electron chi connectivity index (χ1n) is 10.2. The quantitative estimate of drug-likeness (QED) is 0.359. The van der Waals surface area contributed by atoms with Gasteiger partial charge >= 0.3 is 0 Å². The lowest BCUT2D eigenvalue weighted by atomic mass is 10.1. The van der Waals surface area contributed by atoms with Gasteiger partial charge < -0.3 is 9.84 Å². The number of rotatable bonds is 6. The Labute approximate surface area is 190 Å². The summed E-state index contributed by atoms with van der Waals surface area (Å²) in [6, 6.07) is 26.4. The molecule has 158 valence electrons. The summed E-state index contributed by atoms with van der Waals surface area (Å²) >= 11 is 1.72. The molecule has 3 aromatic carbocycles. The molecule has 0 spiro atoms. The maximum atomic E-state index is 10.8. The molecule has 0 saturated carbocycles. The first-order chi connectivity index (χ1) is 15.7. The minimum absolute atomic E-state index is 0.105. The third-order valence-corrected chi connectivity index (χ3v) is 6.29. The van der Waals surface area contributed by atoms with Crippen LogP contribution in [0.2, 0.25) is 0 Å². The van der Waals surface area contributed by atoms with Crippen LogP contribution in [0.4, 0.5) is 0 Å². The summed E-state index contributed by atoms with van der Waals surface area (Å²) in [6.07, 6.45) is 4.03. The van der Waals surface area contributed by atoms with Crippen LogP contribution in [0.25, 0.3) is 16.8 Å². The van der Waals surface area contributed by atoms with Crippen molar-refractivity contribution in [3.8, 4) is 22.8 Å². The van der Waals surface area contributed by atoms with E-state index < -0.39 is 0 Å². The van der Waals surface area contributed by atoms with Gasteiger partial charge in [0.05, 0.1) is 13.3 Å². The van der Waals surface area contributed by atoms with Crippen molar-refractivity contribution in [3.63, 3.8) is 0 Å². The van der Waals surface area contributed by atoms with E-state index in [1.165, 1.54) is 9.41 Å². The average Bonchev–Trinajstić information content (AvgIpc) is 3.27. The first kappa shape index (κ1) is 20.2. The zero-order valence-electron chi connectivity index (χ0n) is 17.5. The molecule has 0 amide bonds. The number of fused-ring (bicyclic) bond motifs is 1. The molecular weight excluding hydrogens is 418 g/mol. The predicted octanol–water partition coefficient (Wildman–Crippen LogP) is 5.85. The van der Waals surface area contributed by atoms with E-state index in [1.807, 2.05) is 42.5 Å². The SMILES string of the molecule is COc1ccc(Cc2cnc3c(-c4ccc(Sc5ccccc5)cc4)cnn3c2O)cc1. The molecule has 0 aliphatic rings. The maximum Gasteiger partial charge on any atom is 0.219 e. The molecule has 2 aromatic heterocycles. The highest BCUT2D eigenvalue weighted by Gasteiger charge is 2.14. The molecule has 5 nitrogen and oxygen atoms in total. The topological polar surface area (TPSA) is 59.7 Å². The Morgan fingerprint density at radius 3 is 2.31 bits per heavy atom. The zero-order valence-corrected chi connectivity index (χ0v) is 18.3. The number of hydrogen-bond acceptors (Lipinski definition) is 5. The Morgan fingerprint density at radius 1 is 0.875 bits per heavy atom. The van der Waals surface area contributed by atoms with E-state index in [4.69, 9.17) is 4.74 Å². The summed E-state index contributed by atoms with van der Waals surface area (Å²) in [7, 11) is 1.64. The Morgan fingerprint density at radius 2 is 1.59 bits per heavy atom. The van der Waals surface area contributed by atoms with Crippen LogP contribution in [0.5, 0.6) is 11.6 Å². The standard InChI is InChI=1S/C26H21N3O2S/c1-31-21-11-7-18(8-12-21)15-20-16-27-25-24(17-28-29(25)26(20)30)19-9-13-23(14-10-19)32-22-5-3-2-4-6-22/h2-14,16-17,30H,15H2,1H3. The van der Waals surface area contributed by atoms with Crippen molar-refractivity contribution in [2.24, 2.45) is 0 Å². The smallest absolute Gasteiger partial charge is 0.219 e. The predicted molar refractivity (Wildman–Crippen MR) is 126 cm³/mol. The Kier molecular flexibility index (Phi) is 5.52. The van der Waals surface area contributed by atoms with Gasteiger partial charge in [-0.3, -0.25) is 0 Å². The number of benzene rings is 3. The van der Waals surface area contributed by atoms with E-state index in [2.05, 4.69) is 46.5 Å². The van der Waals surface area contributed by atoms with Crippen LogP contribution < -0.4 is 4.74 Å². The van der Waals surface area contributed by atoms with E-state index in [1.54, 1.807) is 31.3 Å². The van der Waals surface area contributed by atoms with Gasteiger partial charge in [-0.2, -0.15) is 9.61 Å². The van der Waals surface area contributed by atoms with Gasteiger partial charge in [-0.05, 0) is 47.5 Å². The second-order valence-corrected chi connectivity index (χ2v) is 8.51. The summed E-state index contributed by atoms with van der Waals surface area (Å²) < 4.78 is 6.71. The van der Waals surface area contributed by atoms with Gasteiger partial charge in [-0.15, -0.1) is 0 Å². The lowest BCUT2D eigenvalue weighted by Crippen LogP contribution is -1.98. The fourth-order valence-corrected chi connectivity index (χ4v) is 4.41. The Balaban J connectivity index is 1.40. The van der Waals surface area contributed by atoms with E-state index in [0.717, 1.165) is 27.3 Å². The molecule has 0 saturated heterocycles. The van der Waals surface area contributed by atoms with Gasteiger partial charge in [0.2, 0.25) is 5.88 Å². The lowest BCUT2D eigenvalue weighted by molar-refractivity contribution is 0.414. The van der Waals surface area contributed by atoms with Crippen molar-refractivity contribution < 1.29 is 9.84 Å². The molecule has 2 heterocycles. The molecule has 5 aromatic rings. The Bertz CT molecular complexity index is 1350. The van der Waals surface area contributed by atoms with Crippen LogP contribution in [0.1, 0.15) is 11.1 Å². The van der Waals surface area contributed by atoms with E-state index in [0.29, 0.717) is 17.6 Å². The first-order valence-corrected chi connectivity index (χ1v) is 11.0. The number of methoxy groups -OCH3 is 1. The Hall–Kier alpha value is -3.77. The normalized spacial score (nSPS) is 11.0. The van der Waals surface area contributed by atoms with Crippen LogP contribution in [-0.2, 0) is 6.42 Å². The molecule has 32 heavy (non-hydrogen) atoms. The fraction of sp³-hybridized carbons (Fsp3) is 0.0769. The number of ether oxygens (including phenoxy) is 1. The highest BCUT2D eigenvalue weighted by molar-refractivity contribution is 7.99. The number of nitrogens with zero attached hydrogens (tertiary/aromatic N) is 3. The minimum atomic E-state index is 0.105. The molecule has 0 unspecified atom stereocenters. The minimum Gasteiger partial charge on any atom is -0.497 e. The number of hydrogen-bond donors (Lipinski definition) is 1. The third-order valence-electron chi connectivity index (χ3n) is 5.27. The maximum absolute atomic E-state index is 10.8. The number of aromatic hydroxyl groups is 1. The molecule has 0 atom stereocenters. The monoisotopic (exact) mass is 439 g/mol. The van der Waals surface area contributed by atoms with Crippen molar-refractivity contribution in [2.75, 3.05) is 7.11 Å². The van der Waals surface area contributed by atoms with Crippen molar-refractivity contribution in [3.05, 3.63) is 102 Å². The largest absolute Gasteiger partial charge is 0.497 e. The molecule has 0 aliphatic heterocycles. The van der Waals surface area contributed by atoms with E-state index in [-0.39, 0.29) is 5.88 Å². The van der Waals surface area contributed by atoms with Crippen LogP contribution in [-0.4, -0.2) is 26.8 Å². The summed E-state index contributed by atoms with van der Waals surface area (Å²) in [5, 5.41) is 15.2. The molecule has 5 rings (SSSR count). The second-order valence-electron chi connectivity index (χ2n) is 7.37. The van der Waals surface area contributed by atoms with Crippen LogP contribution >= 0.6 is 11.8 Å². The van der Waals surface area contributed by atoms with Gasteiger partial charge in [-0.25, -0.2) is 4.98 Å². The summed E-state index contributed by atoms with van der Waals surface area (Å²) in [5.41, 5.74) is 4.29. The van der Waals surface area contributed by atoms with Gasteiger partial charge in [0.25, 0.3) is 0 Å². The highest BCUT2D eigenvalue weighted by atomic mass is 32.2.